The van der Waals surface area contributed by atoms with Crippen molar-refractivity contribution in [3.05, 3.63) is 180 Å². The smallest absolute Gasteiger partial charge is 0.0708 e. The number of aryl methyl sites for hydroxylation is 3. The van der Waals surface area contributed by atoms with Crippen LogP contribution in [-0.4, -0.2) is 9.97 Å². The highest BCUT2D eigenvalue weighted by molar-refractivity contribution is 5.85. The van der Waals surface area contributed by atoms with E-state index in [0.717, 1.165) is 40.9 Å². The van der Waals surface area contributed by atoms with Gasteiger partial charge >= 0.3 is 0 Å². The van der Waals surface area contributed by atoms with Crippen LogP contribution in [0.15, 0.2) is 152 Å². The molecule has 55 heavy (non-hydrogen) atoms. The zero-order valence-electron chi connectivity index (χ0n) is 33.8. The first-order valence-electron chi connectivity index (χ1n) is 20.6. The molecule has 0 N–H and O–H groups in total. The third-order valence-corrected chi connectivity index (χ3v) is 11.8. The topological polar surface area (TPSA) is 25.8 Å². The molecule has 1 aliphatic carbocycles. The SMILES string of the molecule is [2H]C(C)(C)c1ccc(-c2ccc(CCc3cc(C)cc(-c4ccccc4-c4ccc(-c5cc(-c6ccc(C7(C)CCCCC7)cc6)ccn5)cc4)c3)cc2)nc1. The van der Waals surface area contributed by atoms with Crippen molar-refractivity contribution in [1.82, 2.24) is 9.97 Å². The van der Waals surface area contributed by atoms with E-state index in [4.69, 9.17) is 6.35 Å². The van der Waals surface area contributed by atoms with Crippen molar-refractivity contribution in [3.63, 3.8) is 0 Å². The van der Waals surface area contributed by atoms with Crippen LogP contribution in [0.5, 0.6) is 0 Å². The van der Waals surface area contributed by atoms with Gasteiger partial charge in [-0.1, -0.05) is 167 Å². The summed E-state index contributed by atoms with van der Waals surface area (Å²) in [6.07, 6.45) is 12.3. The average Bonchev–Trinajstić information content (AvgIpc) is 3.23. The largest absolute Gasteiger partial charge is 0.256 e. The van der Waals surface area contributed by atoms with Crippen molar-refractivity contribution >= 4 is 0 Å². The second-order valence-electron chi connectivity index (χ2n) is 16.1. The van der Waals surface area contributed by atoms with Crippen molar-refractivity contribution in [2.75, 3.05) is 0 Å². The Kier molecular flexibility index (Phi) is 10.2. The van der Waals surface area contributed by atoms with Gasteiger partial charge in [0.25, 0.3) is 0 Å². The number of rotatable bonds is 10. The molecule has 0 atom stereocenters. The highest BCUT2D eigenvalue weighted by Gasteiger charge is 2.28. The Bertz CT molecular complexity index is 2410. The molecule has 2 heteroatoms. The van der Waals surface area contributed by atoms with Gasteiger partial charge in [0.05, 0.1) is 11.4 Å². The monoisotopic (exact) mass is 717 g/mol. The fourth-order valence-electron chi connectivity index (χ4n) is 8.41. The van der Waals surface area contributed by atoms with Crippen molar-refractivity contribution in [2.45, 2.75) is 83.9 Å². The molecule has 0 radical (unpaired) electrons. The van der Waals surface area contributed by atoms with E-state index in [1.165, 1.54) is 87.7 Å². The van der Waals surface area contributed by atoms with Crippen molar-refractivity contribution in [3.8, 4) is 55.9 Å². The second kappa shape index (κ2) is 16.0. The first kappa shape index (κ1) is 35.1. The van der Waals surface area contributed by atoms with Crippen molar-refractivity contribution < 1.29 is 1.37 Å². The third-order valence-electron chi connectivity index (χ3n) is 11.8. The standard InChI is InChI=1S/C53H52N2/c1-37(2)46-24-27-51(55-36-46)43-16-14-39(15-17-43)12-13-40-32-38(3)33-47(34-40)50-11-7-6-10-49(50)42-18-20-44(21-19-42)52-35-45(28-31-54-52)41-22-25-48(26-23-41)53(4)29-8-5-9-30-53/h6-7,10-11,14-28,31-37H,5,8-9,12-13,29-30H2,1-4H3/i37D. The molecule has 2 heterocycles. The summed E-state index contributed by atoms with van der Waals surface area (Å²) in [6, 6.07) is 51.1. The highest BCUT2D eigenvalue weighted by atomic mass is 14.7. The number of hydrogen-bond donors (Lipinski definition) is 0. The molecule has 1 aliphatic rings. The lowest BCUT2D eigenvalue weighted by atomic mass is 9.71. The minimum absolute atomic E-state index is 0.311. The van der Waals surface area contributed by atoms with Crippen molar-refractivity contribution in [2.24, 2.45) is 0 Å². The fraction of sp³-hybridized carbons (Fsp3) is 0.245. The van der Waals surface area contributed by atoms with Crippen LogP contribution in [0.3, 0.4) is 0 Å². The number of aromatic nitrogens is 2. The summed E-state index contributed by atoms with van der Waals surface area (Å²) in [5.74, 6) is -0.647. The van der Waals surface area contributed by atoms with Crippen LogP contribution >= 0.6 is 0 Å². The molecule has 1 saturated carbocycles. The number of benzene rings is 5. The van der Waals surface area contributed by atoms with E-state index in [0.29, 0.717) is 5.41 Å². The van der Waals surface area contributed by atoms with Crippen LogP contribution in [0, 0.1) is 6.92 Å². The zero-order chi connectivity index (χ0) is 38.7. The van der Waals surface area contributed by atoms with E-state index in [9.17, 15) is 0 Å². The molecule has 0 unspecified atom stereocenters. The van der Waals surface area contributed by atoms with Crippen LogP contribution in [0.1, 0.15) is 88.0 Å². The summed E-state index contributed by atoms with van der Waals surface area (Å²) in [4.78, 5) is 9.42. The van der Waals surface area contributed by atoms with Crippen LogP contribution in [-0.2, 0) is 18.3 Å². The predicted molar refractivity (Wildman–Crippen MR) is 232 cm³/mol. The average molecular weight is 718 g/mol. The molecule has 0 amide bonds. The molecule has 8 rings (SSSR count). The van der Waals surface area contributed by atoms with E-state index in [2.05, 4.69) is 146 Å². The predicted octanol–water partition coefficient (Wildman–Crippen LogP) is 14.3. The Balaban J connectivity index is 0.967. The Morgan fingerprint density at radius 3 is 1.89 bits per heavy atom. The maximum absolute atomic E-state index is 8.26. The zero-order valence-corrected chi connectivity index (χ0v) is 32.8. The molecule has 0 saturated heterocycles. The van der Waals surface area contributed by atoms with Gasteiger partial charge in [-0.3, -0.25) is 9.97 Å². The summed E-state index contributed by atoms with van der Waals surface area (Å²) < 4.78 is 8.26. The van der Waals surface area contributed by atoms with Crippen LogP contribution in [0.2, 0.25) is 0 Å². The van der Waals surface area contributed by atoms with Gasteiger partial charge in [0.2, 0.25) is 0 Å². The van der Waals surface area contributed by atoms with E-state index in [-0.39, 0.29) is 0 Å². The van der Waals surface area contributed by atoms with E-state index >= 15 is 0 Å². The summed E-state index contributed by atoms with van der Waals surface area (Å²) >= 11 is 0. The normalized spacial score (nSPS) is 14.4. The van der Waals surface area contributed by atoms with Gasteiger partial charge in [-0.15, -0.1) is 0 Å². The molecule has 1 fully saturated rings. The van der Waals surface area contributed by atoms with Gasteiger partial charge in [0.1, 0.15) is 0 Å². The number of pyridine rings is 2. The van der Waals surface area contributed by atoms with Crippen LogP contribution in [0.4, 0.5) is 0 Å². The highest BCUT2D eigenvalue weighted by Crippen LogP contribution is 2.40. The van der Waals surface area contributed by atoms with E-state index in [1.54, 1.807) is 0 Å². The number of nitrogens with zero attached hydrogens (tertiary/aromatic N) is 2. The first-order chi connectivity index (χ1) is 27.1. The minimum atomic E-state index is -0.647. The Morgan fingerprint density at radius 1 is 0.564 bits per heavy atom. The Morgan fingerprint density at radius 2 is 1.20 bits per heavy atom. The van der Waals surface area contributed by atoms with Crippen LogP contribution in [0.25, 0.3) is 55.9 Å². The second-order valence-corrected chi connectivity index (χ2v) is 16.1. The first-order valence-corrected chi connectivity index (χ1v) is 20.1. The fourth-order valence-corrected chi connectivity index (χ4v) is 8.41. The van der Waals surface area contributed by atoms with Gasteiger partial charge in [-0.25, -0.2) is 0 Å². The van der Waals surface area contributed by atoms with E-state index in [1.807, 2.05) is 38.4 Å². The molecule has 0 bridgehead atoms. The van der Waals surface area contributed by atoms with Gasteiger partial charge < -0.3 is 0 Å². The maximum Gasteiger partial charge on any atom is 0.0708 e. The molecule has 274 valence electrons. The van der Waals surface area contributed by atoms with Gasteiger partial charge in [0.15, 0.2) is 0 Å². The minimum Gasteiger partial charge on any atom is -0.256 e. The van der Waals surface area contributed by atoms with Gasteiger partial charge in [-0.2, -0.15) is 0 Å². The molecule has 2 aromatic heterocycles. The molecule has 0 spiro atoms. The summed E-state index contributed by atoms with van der Waals surface area (Å²) in [6.45, 7) is 8.42. The summed E-state index contributed by atoms with van der Waals surface area (Å²) in [5.41, 5.74) is 18.1. The molecule has 5 aromatic carbocycles. The molecule has 7 aromatic rings. The molecular weight excluding hydrogens is 665 g/mol. The Labute approximate surface area is 329 Å². The van der Waals surface area contributed by atoms with Crippen LogP contribution < -0.4 is 0 Å². The lowest BCUT2D eigenvalue weighted by Gasteiger charge is -2.34. The van der Waals surface area contributed by atoms with Gasteiger partial charge in [-0.05, 0) is 118 Å². The Hall–Kier alpha value is -5.60. The quantitative estimate of drug-likeness (QED) is 0.141. The lowest BCUT2D eigenvalue weighted by molar-refractivity contribution is 0.319. The van der Waals surface area contributed by atoms with Gasteiger partial charge in [0, 0.05) is 24.9 Å². The molecule has 0 aliphatic heterocycles. The molecular formula is C53H52N2. The van der Waals surface area contributed by atoms with E-state index < -0.39 is 5.89 Å². The van der Waals surface area contributed by atoms with Crippen molar-refractivity contribution in [1.29, 1.82) is 0 Å². The summed E-state index contributed by atoms with van der Waals surface area (Å²) in [5, 5.41) is 0. The lowest BCUT2D eigenvalue weighted by Crippen LogP contribution is -2.24. The number of hydrogen-bond acceptors (Lipinski definition) is 2. The third kappa shape index (κ3) is 8.25. The maximum atomic E-state index is 8.26. The summed E-state index contributed by atoms with van der Waals surface area (Å²) in [7, 11) is 0. The molecule has 2 nitrogen and oxygen atoms in total.